The van der Waals surface area contributed by atoms with Crippen LogP contribution in [0.5, 0.6) is 5.75 Å². The van der Waals surface area contributed by atoms with Gasteiger partial charge in [-0.2, -0.15) is 13.2 Å². The van der Waals surface area contributed by atoms with Gasteiger partial charge >= 0.3 is 6.18 Å². The predicted octanol–water partition coefficient (Wildman–Crippen LogP) is 1.94. The largest absolute Gasteiger partial charge is 0.489 e. The summed E-state index contributed by atoms with van der Waals surface area (Å²) in [7, 11) is 0. The van der Waals surface area contributed by atoms with Gasteiger partial charge in [-0.05, 0) is 37.6 Å². The van der Waals surface area contributed by atoms with E-state index >= 15 is 0 Å². The zero-order valence-electron chi connectivity index (χ0n) is 10.7. The second-order valence-corrected chi connectivity index (χ2v) is 4.66. The van der Waals surface area contributed by atoms with E-state index in [1.807, 2.05) is 0 Å². The van der Waals surface area contributed by atoms with Crippen LogP contribution in [0.2, 0.25) is 0 Å². The van der Waals surface area contributed by atoms with Gasteiger partial charge in [0.1, 0.15) is 11.9 Å². The number of hydrogen-bond donors (Lipinski definition) is 2. The molecule has 1 amide bonds. The summed E-state index contributed by atoms with van der Waals surface area (Å²) in [5.74, 6) is -1.01. The van der Waals surface area contributed by atoms with Crippen molar-refractivity contribution in [3.63, 3.8) is 0 Å². The molecule has 1 aliphatic heterocycles. The Morgan fingerprint density at radius 3 is 2.70 bits per heavy atom. The molecule has 1 fully saturated rings. The van der Waals surface area contributed by atoms with E-state index in [4.69, 9.17) is 10.5 Å². The molecular formula is C13H15F3N2O2. The molecule has 1 unspecified atom stereocenters. The number of rotatable bonds is 3. The monoisotopic (exact) mass is 288 g/mol. The van der Waals surface area contributed by atoms with Crippen LogP contribution in [0.1, 0.15) is 28.8 Å². The number of piperidine rings is 1. The molecule has 3 N–H and O–H groups in total. The molecule has 0 spiro atoms. The number of hydrogen-bond acceptors (Lipinski definition) is 3. The standard InChI is InChI=1S/C13H15F3N2O2/c14-13(15,16)11-6-8(3-4-10(11)12(17)19)20-9-2-1-5-18-7-9/h3-4,6,9,18H,1-2,5,7H2,(H2,17,19). The fourth-order valence-corrected chi connectivity index (χ4v) is 2.16. The van der Waals surface area contributed by atoms with Gasteiger partial charge in [-0.3, -0.25) is 4.79 Å². The smallest absolute Gasteiger partial charge is 0.417 e. The second-order valence-electron chi connectivity index (χ2n) is 4.66. The zero-order chi connectivity index (χ0) is 14.8. The van der Waals surface area contributed by atoms with Crippen LogP contribution < -0.4 is 15.8 Å². The van der Waals surface area contributed by atoms with Crippen LogP contribution in [0.4, 0.5) is 13.2 Å². The molecule has 4 nitrogen and oxygen atoms in total. The SMILES string of the molecule is NC(=O)c1ccc(OC2CCCNC2)cc1C(F)(F)F. The van der Waals surface area contributed by atoms with Gasteiger partial charge in [0.05, 0.1) is 11.1 Å². The van der Waals surface area contributed by atoms with Crippen LogP contribution in [0.3, 0.4) is 0 Å². The Kier molecular flexibility index (Phi) is 4.17. The molecule has 1 aromatic carbocycles. The van der Waals surface area contributed by atoms with Crippen molar-refractivity contribution in [1.29, 1.82) is 0 Å². The first kappa shape index (κ1) is 14.6. The topological polar surface area (TPSA) is 64.4 Å². The number of nitrogens with two attached hydrogens (primary N) is 1. The van der Waals surface area contributed by atoms with Gasteiger partial charge in [0.2, 0.25) is 5.91 Å². The van der Waals surface area contributed by atoms with Gasteiger partial charge in [-0.15, -0.1) is 0 Å². The Balaban J connectivity index is 2.25. The van der Waals surface area contributed by atoms with E-state index in [1.54, 1.807) is 0 Å². The van der Waals surface area contributed by atoms with Crippen LogP contribution in [0.25, 0.3) is 0 Å². The van der Waals surface area contributed by atoms with E-state index in [0.29, 0.717) is 6.54 Å². The molecule has 0 saturated carbocycles. The van der Waals surface area contributed by atoms with Crippen molar-refractivity contribution in [2.45, 2.75) is 25.1 Å². The highest BCUT2D eigenvalue weighted by Crippen LogP contribution is 2.34. The Morgan fingerprint density at radius 2 is 2.15 bits per heavy atom. The fraction of sp³-hybridized carbons (Fsp3) is 0.462. The van der Waals surface area contributed by atoms with Gasteiger partial charge < -0.3 is 15.8 Å². The van der Waals surface area contributed by atoms with Crippen molar-refractivity contribution < 1.29 is 22.7 Å². The number of carbonyl (C=O) groups excluding carboxylic acids is 1. The van der Waals surface area contributed by atoms with E-state index < -0.39 is 23.2 Å². The maximum absolute atomic E-state index is 12.9. The molecule has 1 saturated heterocycles. The lowest BCUT2D eigenvalue weighted by Gasteiger charge is -2.24. The van der Waals surface area contributed by atoms with Crippen molar-refractivity contribution in [2.75, 3.05) is 13.1 Å². The summed E-state index contributed by atoms with van der Waals surface area (Å²) in [6, 6.07) is 3.22. The number of alkyl halides is 3. The molecule has 1 aromatic rings. The second kappa shape index (κ2) is 5.70. The van der Waals surface area contributed by atoms with Gasteiger partial charge in [-0.1, -0.05) is 0 Å². The quantitative estimate of drug-likeness (QED) is 0.893. The van der Waals surface area contributed by atoms with E-state index in [-0.39, 0.29) is 11.9 Å². The van der Waals surface area contributed by atoms with Gasteiger partial charge in [0.25, 0.3) is 0 Å². The third-order valence-electron chi connectivity index (χ3n) is 3.12. The van der Waals surface area contributed by atoms with Gasteiger partial charge in [0, 0.05) is 6.54 Å². The van der Waals surface area contributed by atoms with Gasteiger partial charge in [-0.25, -0.2) is 0 Å². The molecule has 1 aliphatic rings. The maximum atomic E-state index is 12.9. The number of nitrogens with one attached hydrogen (secondary N) is 1. The lowest BCUT2D eigenvalue weighted by Crippen LogP contribution is -2.37. The number of amides is 1. The Bertz CT molecular complexity index is 497. The number of halogens is 3. The summed E-state index contributed by atoms with van der Waals surface area (Å²) in [4.78, 5) is 11.0. The Hall–Kier alpha value is -1.76. The number of benzene rings is 1. The van der Waals surface area contributed by atoms with Crippen molar-refractivity contribution in [1.82, 2.24) is 5.32 Å². The van der Waals surface area contributed by atoms with Gasteiger partial charge in [0.15, 0.2) is 0 Å². The minimum Gasteiger partial charge on any atom is -0.489 e. The Morgan fingerprint density at radius 1 is 1.40 bits per heavy atom. The molecule has 0 aliphatic carbocycles. The molecular weight excluding hydrogens is 273 g/mol. The maximum Gasteiger partial charge on any atom is 0.417 e. The van der Waals surface area contributed by atoms with E-state index in [9.17, 15) is 18.0 Å². The summed E-state index contributed by atoms with van der Waals surface area (Å²) in [6.45, 7) is 1.48. The van der Waals surface area contributed by atoms with Crippen molar-refractivity contribution >= 4 is 5.91 Å². The molecule has 1 atom stereocenters. The van der Waals surface area contributed by atoms with E-state index in [1.165, 1.54) is 6.07 Å². The van der Waals surface area contributed by atoms with Crippen LogP contribution in [-0.4, -0.2) is 25.1 Å². The minimum atomic E-state index is -4.64. The average molecular weight is 288 g/mol. The lowest BCUT2D eigenvalue weighted by atomic mass is 10.1. The predicted molar refractivity (Wildman–Crippen MR) is 66.5 cm³/mol. The number of carbonyl (C=O) groups is 1. The van der Waals surface area contributed by atoms with Crippen LogP contribution in [0.15, 0.2) is 18.2 Å². The molecule has 0 radical (unpaired) electrons. The molecule has 1 heterocycles. The highest BCUT2D eigenvalue weighted by molar-refractivity contribution is 5.94. The molecule has 110 valence electrons. The number of ether oxygens (including phenoxy) is 1. The summed E-state index contributed by atoms with van der Waals surface area (Å²) in [6.07, 6.45) is -3.11. The molecule has 20 heavy (non-hydrogen) atoms. The molecule has 0 bridgehead atoms. The van der Waals surface area contributed by atoms with Crippen LogP contribution >= 0.6 is 0 Å². The van der Waals surface area contributed by atoms with E-state index in [0.717, 1.165) is 31.5 Å². The third kappa shape index (κ3) is 3.41. The summed E-state index contributed by atoms with van der Waals surface area (Å²) >= 11 is 0. The molecule has 2 rings (SSSR count). The van der Waals surface area contributed by atoms with Crippen molar-refractivity contribution in [3.05, 3.63) is 29.3 Å². The first-order valence-electron chi connectivity index (χ1n) is 6.26. The van der Waals surface area contributed by atoms with Crippen LogP contribution in [0, 0.1) is 0 Å². The van der Waals surface area contributed by atoms with Crippen LogP contribution in [-0.2, 0) is 6.18 Å². The highest BCUT2D eigenvalue weighted by atomic mass is 19.4. The zero-order valence-corrected chi connectivity index (χ0v) is 10.7. The molecule has 7 heteroatoms. The third-order valence-corrected chi connectivity index (χ3v) is 3.12. The molecule has 0 aromatic heterocycles. The van der Waals surface area contributed by atoms with E-state index in [2.05, 4.69) is 5.32 Å². The summed E-state index contributed by atoms with van der Waals surface area (Å²) < 4.78 is 44.2. The van der Waals surface area contributed by atoms with Crippen molar-refractivity contribution in [2.24, 2.45) is 5.73 Å². The summed E-state index contributed by atoms with van der Waals surface area (Å²) in [5.41, 5.74) is 3.34. The Labute approximate surface area is 114 Å². The fourth-order valence-electron chi connectivity index (χ4n) is 2.16. The number of primary amides is 1. The normalized spacial score (nSPS) is 19.6. The average Bonchev–Trinajstić information content (AvgIpc) is 2.38. The first-order valence-corrected chi connectivity index (χ1v) is 6.26. The summed E-state index contributed by atoms with van der Waals surface area (Å²) in [5, 5.41) is 3.11. The first-order chi connectivity index (χ1) is 9.38. The minimum absolute atomic E-state index is 0.0935. The van der Waals surface area contributed by atoms with Crippen molar-refractivity contribution in [3.8, 4) is 5.75 Å². The highest BCUT2D eigenvalue weighted by Gasteiger charge is 2.35. The lowest BCUT2D eigenvalue weighted by molar-refractivity contribution is -0.138.